The van der Waals surface area contributed by atoms with Gasteiger partial charge in [0.1, 0.15) is 23.2 Å². The predicted octanol–water partition coefficient (Wildman–Crippen LogP) is 3.74. The second kappa shape index (κ2) is 15.7. The van der Waals surface area contributed by atoms with Crippen LogP contribution in [-0.2, 0) is 15.7 Å². The van der Waals surface area contributed by atoms with Crippen LogP contribution in [0.5, 0.6) is 5.75 Å². The van der Waals surface area contributed by atoms with Gasteiger partial charge in [-0.25, -0.2) is 9.97 Å². The molecular weight excluding hydrogens is 708 g/mol. The number of alkyl halides is 3. The third kappa shape index (κ3) is 8.16. The Morgan fingerprint density at radius 1 is 1.04 bits per heavy atom. The number of hydrogen-bond donors (Lipinski definition) is 1. The molecule has 10 nitrogen and oxygen atoms in total. The van der Waals surface area contributed by atoms with Gasteiger partial charge in [-0.05, 0) is 94.2 Å². The quantitative estimate of drug-likeness (QED) is 0.204. The van der Waals surface area contributed by atoms with Gasteiger partial charge in [-0.2, -0.15) is 13.2 Å². The van der Waals surface area contributed by atoms with Crippen molar-refractivity contribution in [3.63, 3.8) is 0 Å². The van der Waals surface area contributed by atoms with E-state index in [1.807, 2.05) is 37.4 Å². The number of nitrogens with one attached hydrogen (secondary N) is 1. The van der Waals surface area contributed by atoms with E-state index in [0.717, 1.165) is 81.2 Å². The van der Waals surface area contributed by atoms with E-state index in [4.69, 9.17) is 19.4 Å². The maximum atomic E-state index is 14.3. The summed E-state index contributed by atoms with van der Waals surface area (Å²) in [5, 5.41) is 11.0. The molecule has 2 aliphatic carbocycles. The molecule has 54 heavy (non-hydrogen) atoms. The van der Waals surface area contributed by atoms with Crippen molar-refractivity contribution in [2.45, 2.75) is 101 Å². The molecular formula is C40H46F3N6NaO4. The van der Waals surface area contributed by atoms with Gasteiger partial charge in [0, 0.05) is 74.0 Å². The fourth-order valence-corrected chi connectivity index (χ4v) is 9.24. The van der Waals surface area contributed by atoms with Crippen molar-refractivity contribution in [3.8, 4) is 28.4 Å². The number of pyridine rings is 2. The number of hydrogen-bond acceptors (Lipinski definition) is 9. The Morgan fingerprint density at radius 3 is 2.37 bits per heavy atom. The number of carbonyl (C=O) groups is 1. The summed E-state index contributed by atoms with van der Waals surface area (Å²) >= 11 is 0. The molecule has 3 atom stereocenters. The van der Waals surface area contributed by atoms with Gasteiger partial charge in [0.25, 0.3) is 0 Å². The molecule has 2 saturated heterocycles. The first-order valence-corrected chi connectivity index (χ1v) is 18.9. The fraction of sp³-hybridized carbons (Fsp3) is 0.550. The number of halogens is 3. The molecule has 0 spiro atoms. The van der Waals surface area contributed by atoms with Gasteiger partial charge in [-0.3, -0.25) is 9.88 Å². The number of methoxy groups -OCH3 is 1. The van der Waals surface area contributed by atoms with E-state index in [9.17, 15) is 23.1 Å². The van der Waals surface area contributed by atoms with Crippen LogP contribution in [0.3, 0.4) is 0 Å². The Bertz CT molecular complexity index is 1950. The molecule has 14 heteroatoms. The summed E-state index contributed by atoms with van der Waals surface area (Å²) in [6, 6.07) is 11.4. The predicted molar refractivity (Wildman–Crippen MR) is 192 cm³/mol. The number of aliphatic carboxylic acids is 1. The Kier molecular flexibility index (Phi) is 11.4. The summed E-state index contributed by atoms with van der Waals surface area (Å²) < 4.78 is 54.9. The van der Waals surface area contributed by atoms with E-state index < -0.39 is 17.7 Å². The number of rotatable bonds is 13. The molecule has 2 saturated carbocycles. The molecule has 3 aromatic heterocycles. The number of ether oxygens (including phenoxy) is 2. The van der Waals surface area contributed by atoms with Gasteiger partial charge in [-0.15, -0.1) is 0 Å². The number of aromatic amines is 1. The van der Waals surface area contributed by atoms with Crippen molar-refractivity contribution in [1.29, 1.82) is 0 Å². The third-order valence-corrected chi connectivity index (χ3v) is 11.9. The average Bonchev–Trinajstić information content (AvgIpc) is 3.64. The number of H-pyrrole nitrogens is 1. The monoisotopic (exact) mass is 754 g/mol. The second-order valence-electron chi connectivity index (χ2n) is 15.7. The van der Waals surface area contributed by atoms with Crippen molar-refractivity contribution in [3.05, 3.63) is 53.9 Å². The molecule has 8 rings (SSSR count). The van der Waals surface area contributed by atoms with Crippen LogP contribution in [0.2, 0.25) is 0 Å². The van der Waals surface area contributed by atoms with Crippen LogP contribution in [-0.4, -0.2) is 82.8 Å². The summed E-state index contributed by atoms with van der Waals surface area (Å²) in [5.74, 6) is 0.182. The number of fused-ring (bicyclic) bond motifs is 3. The van der Waals surface area contributed by atoms with Crippen molar-refractivity contribution < 1.29 is 62.1 Å². The molecule has 2 aliphatic heterocycles. The Labute approximate surface area is 335 Å². The maximum absolute atomic E-state index is 14.3. The molecule has 5 heterocycles. The molecule has 4 aliphatic rings. The van der Waals surface area contributed by atoms with Gasteiger partial charge in [0.05, 0.1) is 29.2 Å². The van der Waals surface area contributed by atoms with E-state index in [1.54, 1.807) is 7.11 Å². The van der Waals surface area contributed by atoms with Crippen LogP contribution in [0.25, 0.3) is 33.8 Å². The second-order valence-corrected chi connectivity index (χ2v) is 15.7. The average molecular weight is 755 g/mol. The van der Waals surface area contributed by atoms with Gasteiger partial charge in [0.15, 0.2) is 5.65 Å². The Hall–Kier alpha value is -3.23. The molecule has 0 radical (unpaired) electrons. The van der Waals surface area contributed by atoms with E-state index >= 15 is 0 Å². The summed E-state index contributed by atoms with van der Waals surface area (Å²) in [7, 11) is 3.74. The number of nitrogens with zero attached hydrogens (tertiary/aromatic N) is 5. The van der Waals surface area contributed by atoms with Crippen molar-refractivity contribution in [2.75, 3.05) is 38.8 Å². The Morgan fingerprint density at radius 2 is 1.74 bits per heavy atom. The summed E-state index contributed by atoms with van der Waals surface area (Å²) in [6.07, 6.45) is 6.69. The third-order valence-electron chi connectivity index (χ3n) is 11.9. The molecule has 1 aromatic carbocycles. The van der Waals surface area contributed by atoms with E-state index in [2.05, 4.69) is 19.8 Å². The van der Waals surface area contributed by atoms with Crippen molar-refractivity contribution in [1.82, 2.24) is 24.8 Å². The van der Waals surface area contributed by atoms with Crippen LogP contribution in [0, 0.1) is 5.41 Å². The van der Waals surface area contributed by atoms with Crippen LogP contribution in [0.15, 0.2) is 42.6 Å². The number of carbonyl (C=O) groups excluding carboxylic acids is 1. The first kappa shape index (κ1) is 39.0. The summed E-state index contributed by atoms with van der Waals surface area (Å²) in [4.78, 5) is 33.0. The number of carboxylic acids is 1. The van der Waals surface area contributed by atoms with Gasteiger partial charge in [-0.1, -0.05) is 12.8 Å². The van der Waals surface area contributed by atoms with Crippen LogP contribution in [0.4, 0.5) is 18.9 Å². The number of piperidine rings is 1. The molecule has 4 fully saturated rings. The minimum Gasteiger partial charge on any atom is -0.550 e. The van der Waals surface area contributed by atoms with Crippen LogP contribution in [0.1, 0.15) is 87.8 Å². The molecule has 1 unspecified atom stereocenters. The van der Waals surface area contributed by atoms with E-state index in [0.29, 0.717) is 60.0 Å². The molecule has 1 N–H and O–H groups in total. The zero-order chi connectivity index (χ0) is 36.9. The van der Waals surface area contributed by atoms with Gasteiger partial charge >= 0.3 is 35.7 Å². The molecule has 2 bridgehead atoms. The summed E-state index contributed by atoms with van der Waals surface area (Å²) in [6.45, 7) is 1.87. The Balaban J connectivity index is 0.00000450. The summed E-state index contributed by atoms with van der Waals surface area (Å²) in [5.41, 5.74) is 2.81. The van der Waals surface area contributed by atoms with Gasteiger partial charge in [0.2, 0.25) is 0 Å². The van der Waals surface area contributed by atoms with Gasteiger partial charge < -0.3 is 29.3 Å². The first-order chi connectivity index (χ1) is 25.5. The fourth-order valence-electron chi connectivity index (χ4n) is 9.24. The van der Waals surface area contributed by atoms with Crippen molar-refractivity contribution >= 4 is 22.8 Å². The minimum atomic E-state index is -4.52. The number of benzene rings is 1. The number of imidazole rings is 1. The first-order valence-electron chi connectivity index (χ1n) is 18.9. The smallest absolute Gasteiger partial charge is 0.550 e. The van der Waals surface area contributed by atoms with Crippen molar-refractivity contribution in [2.24, 2.45) is 5.41 Å². The minimum absolute atomic E-state index is 0. The zero-order valence-corrected chi connectivity index (χ0v) is 33.3. The SMILES string of the molecule is COCC1(CN(C)c2cc(-c3cnc(C4CC4)c(C(F)(F)F)c3)nc3nc(-c4ccc(OC5C[C@H]6CC[C@@H](C5)N6CCC(=O)[O-])cc4)[nH]c23)CCCC1.[Na+]. The van der Waals surface area contributed by atoms with E-state index in [-0.39, 0.29) is 59.1 Å². The topological polar surface area (TPSA) is 120 Å². The zero-order valence-electron chi connectivity index (χ0n) is 31.3. The van der Waals surface area contributed by atoms with Crippen LogP contribution < -0.4 is 44.3 Å². The van der Waals surface area contributed by atoms with E-state index in [1.165, 1.54) is 12.3 Å². The largest absolute Gasteiger partial charge is 1.00 e. The standard InChI is InChI=1S/C40H47F3N6O4.Na/c1-48(22-39(23-52-2)14-3-4-15-39)33-20-32(26-17-31(40(41,42)43)35(44-21-26)24-5-6-24)45-38-36(33)46-37(47-38)25-7-11-29(12-8-25)53-30-18-27-9-10-28(19-30)49(27)16-13-34(50)51;/h7-8,11-12,17,20-21,24,27-28,30H,3-6,9-10,13-16,18-19,22-23H2,1-2H3,(H,50,51)(H,45,46,47);/q;+1/p-1/t27-,28+,30?;. The normalized spacial score (nSPS) is 22.4. The number of anilines is 1. The number of carboxylic acid groups (broad SMARTS) is 1. The molecule has 4 aromatic rings. The maximum Gasteiger partial charge on any atom is 1.00 e. The van der Waals surface area contributed by atoms with Crippen LogP contribution >= 0.6 is 0 Å². The number of aromatic nitrogens is 4. The molecule has 282 valence electrons. The molecule has 0 amide bonds.